The molecule has 0 saturated heterocycles. The van der Waals surface area contributed by atoms with Gasteiger partial charge in [-0.3, -0.25) is 4.79 Å². The summed E-state index contributed by atoms with van der Waals surface area (Å²) in [6, 6.07) is 7.28. The Labute approximate surface area is 131 Å². The lowest BCUT2D eigenvalue weighted by Gasteiger charge is -2.17. The molecule has 2 aromatic rings. The molecule has 0 radical (unpaired) electrons. The van der Waals surface area contributed by atoms with Crippen molar-refractivity contribution in [3.8, 4) is 0 Å². The fourth-order valence-corrected chi connectivity index (χ4v) is 2.14. The van der Waals surface area contributed by atoms with Crippen LogP contribution < -0.4 is 5.32 Å². The molecular formula is C17H16F3NO2. The minimum absolute atomic E-state index is 0.0533. The molecule has 1 atom stereocenters. The van der Waals surface area contributed by atoms with Crippen LogP contribution in [0.4, 0.5) is 13.2 Å². The van der Waals surface area contributed by atoms with Crippen LogP contribution in [-0.4, -0.2) is 17.6 Å². The number of hydrogen-bond donors (Lipinski definition) is 2. The number of benzene rings is 2. The molecule has 23 heavy (non-hydrogen) atoms. The summed E-state index contributed by atoms with van der Waals surface area (Å²) in [5.41, 5.74) is 1.36. The zero-order valence-corrected chi connectivity index (χ0v) is 12.4. The van der Waals surface area contributed by atoms with E-state index in [1.165, 1.54) is 0 Å². The smallest absolute Gasteiger partial charge is 0.251 e. The topological polar surface area (TPSA) is 49.3 Å². The maximum absolute atomic E-state index is 13.3. The predicted molar refractivity (Wildman–Crippen MR) is 79.4 cm³/mol. The van der Waals surface area contributed by atoms with Gasteiger partial charge in [0.25, 0.3) is 5.91 Å². The first-order chi connectivity index (χ1) is 11.0. The molecule has 0 aliphatic carbocycles. The van der Waals surface area contributed by atoms with Gasteiger partial charge in [-0.15, -0.1) is 0 Å². The predicted octanol–water partition coefficient (Wildman–Crippen LogP) is 3.13. The van der Waals surface area contributed by atoms with Crippen LogP contribution in [0.3, 0.4) is 0 Å². The Morgan fingerprint density at radius 3 is 2.17 bits per heavy atom. The number of halogens is 3. The first kappa shape index (κ1) is 17.0. The molecule has 1 unspecified atom stereocenters. The number of hydrogen-bond acceptors (Lipinski definition) is 2. The average molecular weight is 323 g/mol. The van der Waals surface area contributed by atoms with Gasteiger partial charge in [0, 0.05) is 5.56 Å². The lowest BCUT2D eigenvalue weighted by Crippen LogP contribution is -2.31. The number of carbonyl (C=O) groups excluding carboxylic acids is 1. The van der Waals surface area contributed by atoms with Crippen molar-refractivity contribution in [3.63, 3.8) is 0 Å². The fourth-order valence-electron chi connectivity index (χ4n) is 2.14. The molecule has 6 heteroatoms. The van der Waals surface area contributed by atoms with Gasteiger partial charge in [0.2, 0.25) is 0 Å². The molecule has 0 bridgehead atoms. The van der Waals surface area contributed by atoms with Gasteiger partial charge >= 0.3 is 0 Å². The molecule has 2 aromatic carbocycles. The quantitative estimate of drug-likeness (QED) is 0.831. The number of amides is 1. The molecule has 0 aliphatic heterocycles. The summed E-state index contributed by atoms with van der Waals surface area (Å²) in [4.78, 5) is 12.1. The van der Waals surface area contributed by atoms with Crippen molar-refractivity contribution >= 4 is 5.91 Å². The van der Waals surface area contributed by atoms with E-state index < -0.39 is 36.0 Å². The number of aryl methyl sites for hydroxylation is 1. The van der Waals surface area contributed by atoms with Gasteiger partial charge in [0.05, 0.1) is 12.6 Å². The number of carbonyl (C=O) groups is 1. The number of aliphatic hydroxyl groups excluding tert-OH is 1. The Morgan fingerprint density at radius 1 is 1.13 bits per heavy atom. The van der Waals surface area contributed by atoms with Crippen LogP contribution in [0.15, 0.2) is 36.4 Å². The van der Waals surface area contributed by atoms with Gasteiger partial charge in [-0.25, -0.2) is 13.2 Å². The van der Waals surface area contributed by atoms with Crippen LogP contribution in [0, 0.1) is 17.5 Å². The van der Waals surface area contributed by atoms with Gasteiger partial charge in [-0.05, 0) is 41.8 Å². The van der Waals surface area contributed by atoms with Crippen molar-refractivity contribution in [1.82, 2.24) is 5.32 Å². The summed E-state index contributed by atoms with van der Waals surface area (Å²) in [6.45, 7) is 1.40. The number of nitrogens with one attached hydrogen (secondary N) is 1. The molecule has 0 aliphatic rings. The SMILES string of the molecule is CCc1ccc(C(=O)NC(CO)c2cc(F)c(F)c(F)c2)cc1. The Morgan fingerprint density at radius 2 is 1.70 bits per heavy atom. The molecule has 0 fully saturated rings. The second kappa shape index (κ2) is 7.28. The van der Waals surface area contributed by atoms with E-state index in [4.69, 9.17) is 0 Å². The van der Waals surface area contributed by atoms with E-state index in [0.29, 0.717) is 5.56 Å². The van der Waals surface area contributed by atoms with Crippen molar-refractivity contribution in [2.45, 2.75) is 19.4 Å². The van der Waals surface area contributed by atoms with Crippen molar-refractivity contribution in [2.24, 2.45) is 0 Å². The molecule has 122 valence electrons. The van der Waals surface area contributed by atoms with Crippen LogP contribution in [0.2, 0.25) is 0 Å². The van der Waals surface area contributed by atoms with Crippen molar-refractivity contribution < 1.29 is 23.1 Å². The van der Waals surface area contributed by atoms with Crippen LogP contribution in [0.1, 0.15) is 34.5 Å². The van der Waals surface area contributed by atoms with E-state index in [-0.39, 0.29) is 5.56 Å². The minimum atomic E-state index is -1.59. The van der Waals surface area contributed by atoms with Crippen LogP contribution in [-0.2, 0) is 6.42 Å². The number of rotatable bonds is 5. The van der Waals surface area contributed by atoms with Gasteiger partial charge in [0.1, 0.15) is 0 Å². The van der Waals surface area contributed by atoms with Gasteiger partial charge < -0.3 is 10.4 Å². The van der Waals surface area contributed by atoms with Crippen molar-refractivity contribution in [2.75, 3.05) is 6.61 Å². The maximum atomic E-state index is 13.3. The molecule has 0 heterocycles. The maximum Gasteiger partial charge on any atom is 0.251 e. The Bertz CT molecular complexity index is 678. The van der Waals surface area contributed by atoms with Crippen molar-refractivity contribution in [3.05, 3.63) is 70.5 Å². The normalized spacial score (nSPS) is 12.0. The molecule has 2 N–H and O–H groups in total. The highest BCUT2D eigenvalue weighted by atomic mass is 19.2. The standard InChI is InChI=1S/C17H16F3NO2/c1-2-10-3-5-11(6-4-10)17(23)21-15(9-22)12-7-13(18)16(20)14(19)8-12/h3-8,15,22H,2,9H2,1H3,(H,21,23). The minimum Gasteiger partial charge on any atom is -0.394 e. The Balaban J connectivity index is 2.19. The zero-order chi connectivity index (χ0) is 17.0. The zero-order valence-electron chi connectivity index (χ0n) is 12.4. The first-order valence-corrected chi connectivity index (χ1v) is 7.11. The van der Waals surface area contributed by atoms with Gasteiger partial charge in [0.15, 0.2) is 17.5 Å². The van der Waals surface area contributed by atoms with E-state index in [9.17, 15) is 23.1 Å². The van der Waals surface area contributed by atoms with E-state index in [1.807, 2.05) is 6.92 Å². The highest BCUT2D eigenvalue weighted by Crippen LogP contribution is 2.20. The van der Waals surface area contributed by atoms with E-state index in [2.05, 4.69) is 5.32 Å². The highest BCUT2D eigenvalue weighted by molar-refractivity contribution is 5.94. The highest BCUT2D eigenvalue weighted by Gasteiger charge is 2.19. The summed E-state index contributed by atoms with van der Waals surface area (Å²) in [5, 5.41) is 11.8. The third kappa shape index (κ3) is 3.90. The van der Waals surface area contributed by atoms with Crippen LogP contribution in [0.5, 0.6) is 0 Å². The lowest BCUT2D eigenvalue weighted by molar-refractivity contribution is 0.0916. The molecule has 0 saturated carbocycles. The summed E-state index contributed by atoms with van der Waals surface area (Å²) in [7, 11) is 0. The second-order valence-electron chi connectivity index (χ2n) is 5.06. The molecule has 2 rings (SSSR count). The van der Waals surface area contributed by atoms with Gasteiger partial charge in [-0.2, -0.15) is 0 Å². The summed E-state index contributed by atoms with van der Waals surface area (Å²) in [5.74, 6) is -4.84. The molecule has 3 nitrogen and oxygen atoms in total. The number of aliphatic hydroxyl groups is 1. The lowest BCUT2D eigenvalue weighted by atomic mass is 10.1. The van der Waals surface area contributed by atoms with E-state index in [0.717, 1.165) is 24.1 Å². The Hall–Kier alpha value is -2.34. The van der Waals surface area contributed by atoms with E-state index in [1.54, 1.807) is 24.3 Å². The van der Waals surface area contributed by atoms with E-state index >= 15 is 0 Å². The summed E-state index contributed by atoms with van der Waals surface area (Å²) < 4.78 is 39.5. The molecule has 0 aromatic heterocycles. The fraction of sp³-hybridized carbons (Fsp3) is 0.235. The van der Waals surface area contributed by atoms with Crippen molar-refractivity contribution in [1.29, 1.82) is 0 Å². The van der Waals surface area contributed by atoms with Crippen LogP contribution in [0.25, 0.3) is 0 Å². The van der Waals surface area contributed by atoms with Crippen LogP contribution >= 0.6 is 0 Å². The first-order valence-electron chi connectivity index (χ1n) is 7.11. The largest absolute Gasteiger partial charge is 0.394 e. The summed E-state index contributed by atoms with van der Waals surface area (Å²) in [6.07, 6.45) is 0.829. The monoisotopic (exact) mass is 323 g/mol. The molecule has 1 amide bonds. The Kier molecular flexibility index (Phi) is 5.39. The molecule has 0 spiro atoms. The average Bonchev–Trinajstić information content (AvgIpc) is 2.57. The second-order valence-corrected chi connectivity index (χ2v) is 5.06. The molecular weight excluding hydrogens is 307 g/mol. The summed E-state index contributed by atoms with van der Waals surface area (Å²) >= 11 is 0. The third-order valence-corrected chi connectivity index (χ3v) is 3.52. The third-order valence-electron chi connectivity index (χ3n) is 3.52. The van der Waals surface area contributed by atoms with Gasteiger partial charge in [-0.1, -0.05) is 19.1 Å².